The van der Waals surface area contributed by atoms with Gasteiger partial charge in [0.25, 0.3) is 0 Å². The van der Waals surface area contributed by atoms with E-state index in [0.717, 1.165) is 29.8 Å². The Hall–Kier alpha value is -1.48. The van der Waals surface area contributed by atoms with Crippen molar-refractivity contribution < 1.29 is 9.90 Å². The number of hydrogen-bond donors (Lipinski definition) is 1. The predicted molar refractivity (Wildman–Crippen MR) is 74.1 cm³/mol. The zero-order valence-corrected chi connectivity index (χ0v) is 11.0. The van der Waals surface area contributed by atoms with Crippen molar-refractivity contribution in [2.45, 2.75) is 12.8 Å². The second-order valence-electron chi connectivity index (χ2n) is 4.67. The highest BCUT2D eigenvalue weighted by Gasteiger charge is 2.24. The van der Waals surface area contributed by atoms with Gasteiger partial charge in [-0.25, -0.2) is 4.79 Å². The molecule has 0 radical (unpaired) electrons. The van der Waals surface area contributed by atoms with E-state index < -0.39 is 5.97 Å². The van der Waals surface area contributed by atoms with Crippen LogP contribution in [0.15, 0.2) is 24.3 Å². The predicted octanol–water partition coefficient (Wildman–Crippen LogP) is 3.28. The monoisotopic (exact) mass is 265 g/mol. The van der Waals surface area contributed by atoms with Crippen LogP contribution < -0.4 is 4.90 Å². The number of para-hydroxylation sites is 1. The Balaban J connectivity index is 2.27. The first kappa shape index (κ1) is 13.0. The quantitative estimate of drug-likeness (QED) is 0.831. The molecule has 0 bridgehead atoms. The van der Waals surface area contributed by atoms with Crippen molar-refractivity contribution in [3.63, 3.8) is 0 Å². The molecule has 1 aliphatic carbocycles. The van der Waals surface area contributed by atoms with Crippen LogP contribution >= 0.6 is 11.6 Å². The third kappa shape index (κ3) is 3.26. The minimum atomic E-state index is -0.953. The summed E-state index contributed by atoms with van der Waals surface area (Å²) in [5.41, 5.74) is 1.75. The minimum Gasteiger partial charge on any atom is -0.478 e. The molecule has 2 rings (SSSR count). The van der Waals surface area contributed by atoms with Gasteiger partial charge in [-0.2, -0.15) is 0 Å². The van der Waals surface area contributed by atoms with Crippen molar-refractivity contribution in [3.05, 3.63) is 34.9 Å². The highest BCUT2D eigenvalue weighted by Crippen LogP contribution is 2.35. The van der Waals surface area contributed by atoms with E-state index in [1.165, 1.54) is 12.8 Å². The van der Waals surface area contributed by atoms with Crippen LogP contribution in [0.25, 0.3) is 6.08 Å². The maximum Gasteiger partial charge on any atom is 0.328 e. The molecular formula is C14H16ClNO2. The molecule has 96 valence electrons. The number of carboxylic acid groups (broad SMARTS) is 1. The molecule has 0 aliphatic heterocycles. The number of anilines is 1. The molecule has 0 saturated heterocycles. The maximum absolute atomic E-state index is 10.6. The Morgan fingerprint density at radius 3 is 2.89 bits per heavy atom. The molecule has 4 heteroatoms. The van der Waals surface area contributed by atoms with Crippen LogP contribution in [0.1, 0.15) is 18.4 Å². The van der Waals surface area contributed by atoms with E-state index in [9.17, 15) is 4.79 Å². The van der Waals surface area contributed by atoms with Crippen molar-refractivity contribution in [2.24, 2.45) is 5.92 Å². The van der Waals surface area contributed by atoms with Crippen molar-refractivity contribution in [2.75, 3.05) is 18.5 Å². The Morgan fingerprint density at radius 1 is 1.56 bits per heavy atom. The molecule has 1 N–H and O–H groups in total. The lowest BCUT2D eigenvalue weighted by atomic mass is 10.1. The van der Waals surface area contributed by atoms with Crippen LogP contribution in [0.3, 0.4) is 0 Å². The summed E-state index contributed by atoms with van der Waals surface area (Å²) in [5, 5.41) is 9.35. The van der Waals surface area contributed by atoms with Crippen molar-refractivity contribution in [1.82, 2.24) is 0 Å². The molecule has 0 atom stereocenters. The Labute approximate surface area is 112 Å². The maximum atomic E-state index is 10.6. The van der Waals surface area contributed by atoms with Gasteiger partial charge in [0, 0.05) is 19.7 Å². The van der Waals surface area contributed by atoms with Crippen molar-refractivity contribution >= 4 is 29.3 Å². The van der Waals surface area contributed by atoms with E-state index >= 15 is 0 Å². The fourth-order valence-electron chi connectivity index (χ4n) is 2.01. The lowest BCUT2D eigenvalue weighted by Crippen LogP contribution is -2.21. The second kappa shape index (κ2) is 5.44. The largest absolute Gasteiger partial charge is 0.478 e. The van der Waals surface area contributed by atoms with E-state index in [2.05, 4.69) is 4.90 Å². The molecule has 0 heterocycles. The number of carboxylic acids is 1. The Bertz CT molecular complexity index is 481. The van der Waals surface area contributed by atoms with Gasteiger partial charge in [-0.3, -0.25) is 0 Å². The fraction of sp³-hybridized carbons (Fsp3) is 0.357. The van der Waals surface area contributed by atoms with Crippen LogP contribution in [-0.4, -0.2) is 24.7 Å². The van der Waals surface area contributed by atoms with E-state index in [1.807, 2.05) is 25.2 Å². The fourth-order valence-corrected chi connectivity index (χ4v) is 2.34. The van der Waals surface area contributed by atoms with Gasteiger partial charge in [-0.15, -0.1) is 0 Å². The normalized spacial score (nSPS) is 15.0. The summed E-state index contributed by atoms with van der Waals surface area (Å²) in [5.74, 6) is -0.201. The molecule has 1 aromatic rings. The van der Waals surface area contributed by atoms with Gasteiger partial charge in [-0.05, 0) is 36.5 Å². The van der Waals surface area contributed by atoms with E-state index in [4.69, 9.17) is 16.7 Å². The molecule has 1 saturated carbocycles. The molecule has 0 unspecified atom stereocenters. The average Bonchev–Trinajstić information content (AvgIpc) is 3.09. The molecule has 0 amide bonds. The van der Waals surface area contributed by atoms with E-state index in [0.29, 0.717) is 5.02 Å². The van der Waals surface area contributed by atoms with Gasteiger partial charge in [-0.1, -0.05) is 23.7 Å². The van der Waals surface area contributed by atoms with Gasteiger partial charge in [0.1, 0.15) is 0 Å². The van der Waals surface area contributed by atoms with Crippen LogP contribution in [0.2, 0.25) is 5.02 Å². The molecule has 0 aromatic heterocycles. The summed E-state index contributed by atoms with van der Waals surface area (Å²) >= 11 is 6.22. The van der Waals surface area contributed by atoms with Gasteiger partial charge in [0.05, 0.1) is 10.7 Å². The third-order valence-corrected chi connectivity index (χ3v) is 3.34. The van der Waals surface area contributed by atoms with Gasteiger partial charge < -0.3 is 10.0 Å². The highest BCUT2D eigenvalue weighted by molar-refractivity contribution is 6.33. The molecule has 1 aliphatic rings. The second-order valence-corrected chi connectivity index (χ2v) is 5.08. The van der Waals surface area contributed by atoms with Gasteiger partial charge >= 0.3 is 5.97 Å². The van der Waals surface area contributed by atoms with Gasteiger partial charge in [0.15, 0.2) is 0 Å². The molecule has 0 spiro atoms. The number of rotatable bonds is 5. The number of carbonyl (C=O) groups is 1. The molecular weight excluding hydrogens is 250 g/mol. The number of nitrogens with zero attached hydrogens (tertiary/aromatic N) is 1. The summed E-state index contributed by atoms with van der Waals surface area (Å²) in [6.07, 6.45) is 5.28. The number of halogens is 1. The molecule has 3 nitrogen and oxygen atoms in total. The third-order valence-electron chi connectivity index (χ3n) is 3.03. The molecule has 1 aromatic carbocycles. The Morgan fingerprint density at radius 2 is 2.28 bits per heavy atom. The summed E-state index contributed by atoms with van der Waals surface area (Å²) in [7, 11) is 2.00. The van der Waals surface area contributed by atoms with E-state index in [-0.39, 0.29) is 0 Å². The number of aliphatic carboxylic acids is 1. The van der Waals surface area contributed by atoms with E-state index in [1.54, 1.807) is 6.08 Å². The summed E-state index contributed by atoms with van der Waals surface area (Å²) in [6, 6.07) is 5.54. The van der Waals surface area contributed by atoms with Crippen LogP contribution in [-0.2, 0) is 4.79 Å². The van der Waals surface area contributed by atoms with Crippen molar-refractivity contribution in [1.29, 1.82) is 0 Å². The smallest absolute Gasteiger partial charge is 0.328 e. The topological polar surface area (TPSA) is 40.5 Å². The number of benzene rings is 1. The van der Waals surface area contributed by atoms with Crippen LogP contribution in [0.5, 0.6) is 0 Å². The lowest BCUT2D eigenvalue weighted by Gasteiger charge is -2.22. The highest BCUT2D eigenvalue weighted by atomic mass is 35.5. The van der Waals surface area contributed by atoms with Crippen molar-refractivity contribution in [3.8, 4) is 0 Å². The van der Waals surface area contributed by atoms with Crippen LogP contribution in [0, 0.1) is 5.92 Å². The summed E-state index contributed by atoms with van der Waals surface area (Å²) < 4.78 is 0. The summed E-state index contributed by atoms with van der Waals surface area (Å²) in [6.45, 7) is 0.970. The first-order valence-corrected chi connectivity index (χ1v) is 6.36. The van der Waals surface area contributed by atoms with Crippen LogP contribution in [0.4, 0.5) is 5.69 Å². The zero-order valence-electron chi connectivity index (χ0n) is 10.3. The van der Waals surface area contributed by atoms with Gasteiger partial charge in [0.2, 0.25) is 0 Å². The standard InChI is InChI=1S/C14H16ClNO2/c1-16(9-10-5-6-10)14-11(7-8-13(17)18)3-2-4-12(14)15/h2-4,7-8,10H,5-6,9H2,1H3,(H,17,18)/b8-7+. The number of hydrogen-bond acceptors (Lipinski definition) is 2. The lowest BCUT2D eigenvalue weighted by molar-refractivity contribution is -0.131. The Kier molecular flexibility index (Phi) is 3.92. The SMILES string of the molecule is CN(CC1CC1)c1c(Cl)cccc1/C=C/C(=O)O. The summed E-state index contributed by atoms with van der Waals surface area (Å²) in [4.78, 5) is 12.7. The molecule has 18 heavy (non-hydrogen) atoms. The minimum absolute atomic E-state index is 0.658. The zero-order chi connectivity index (χ0) is 13.1. The molecule has 1 fully saturated rings. The first-order valence-electron chi connectivity index (χ1n) is 5.98. The first-order chi connectivity index (χ1) is 8.58. The average molecular weight is 266 g/mol.